The van der Waals surface area contributed by atoms with Crippen LogP contribution in [0.4, 0.5) is 37.8 Å². The maximum absolute atomic E-state index is 16.5. The van der Waals surface area contributed by atoms with Crippen molar-refractivity contribution in [3.63, 3.8) is 0 Å². The fourth-order valence-electron chi connectivity index (χ4n) is 7.00. The molecule has 7 rings (SSSR count). The van der Waals surface area contributed by atoms with E-state index in [-0.39, 0.29) is 74.0 Å². The largest absolute Gasteiger partial charge is 0.475 e. The van der Waals surface area contributed by atoms with Crippen molar-refractivity contribution in [1.29, 1.82) is 0 Å². The molecular weight excluding hydrogens is 602 g/mol. The summed E-state index contributed by atoms with van der Waals surface area (Å²) in [5.74, 6) is -1.31. The molecule has 4 aliphatic rings. The first-order valence-electron chi connectivity index (χ1n) is 14.1. The molecule has 0 bridgehead atoms. The number of pyridine rings is 1. The monoisotopic (exact) mass is 628 g/mol. The van der Waals surface area contributed by atoms with Gasteiger partial charge in [0.15, 0.2) is 5.82 Å². The molecule has 0 saturated carbocycles. The minimum Gasteiger partial charge on any atom is -0.475 e. The van der Waals surface area contributed by atoms with Gasteiger partial charge in [0, 0.05) is 24.2 Å². The van der Waals surface area contributed by atoms with E-state index in [1.165, 1.54) is 0 Å². The predicted octanol–water partition coefficient (Wildman–Crippen LogP) is 5.74. The van der Waals surface area contributed by atoms with E-state index in [9.17, 15) is 22.0 Å². The highest BCUT2D eigenvalue weighted by atomic mass is 35.5. The van der Waals surface area contributed by atoms with Gasteiger partial charge < -0.3 is 20.1 Å². The second kappa shape index (κ2) is 10.1. The van der Waals surface area contributed by atoms with Gasteiger partial charge in [-0.3, -0.25) is 4.90 Å². The summed E-state index contributed by atoms with van der Waals surface area (Å²) in [5, 5.41) is -0.740. The normalized spacial score (nSPS) is 27.1. The van der Waals surface area contributed by atoms with E-state index in [4.69, 9.17) is 26.8 Å². The molecular formula is C28H27ClF6N6O2. The van der Waals surface area contributed by atoms with Crippen molar-refractivity contribution < 1.29 is 35.8 Å². The number of hydrogen-bond donors (Lipinski definition) is 1. The Morgan fingerprint density at radius 3 is 2.72 bits per heavy atom. The lowest BCUT2D eigenvalue weighted by Gasteiger charge is -2.36. The van der Waals surface area contributed by atoms with E-state index >= 15 is 4.39 Å². The van der Waals surface area contributed by atoms with Gasteiger partial charge in [0.25, 0.3) is 0 Å². The van der Waals surface area contributed by atoms with Crippen LogP contribution >= 0.6 is 11.6 Å². The molecule has 0 spiro atoms. The van der Waals surface area contributed by atoms with Crippen molar-refractivity contribution in [2.45, 2.75) is 62.2 Å². The summed E-state index contributed by atoms with van der Waals surface area (Å²) in [7, 11) is 0. The zero-order valence-electron chi connectivity index (χ0n) is 22.7. The number of nitrogens with two attached hydrogens (primary N) is 1. The Balaban J connectivity index is 1.41. The topological polar surface area (TPSA) is 89.6 Å². The standard InChI is InChI=1S/C28H27ClF6N6O2/c29-18-7-15(36)6-17(20(18)28(33,34)35)22-21(32)23-19-24(41-10-13(30)2-3-16(41)11-42-25(19)37-22)39-26(38-23)43-12-27-4-1-5-40(27)9-14(31)8-27/h6-7,13-14,16H,1-5,8-12,36H2/t13?,14-,16+,27+/m1/s1. The van der Waals surface area contributed by atoms with Crippen LogP contribution in [0.5, 0.6) is 11.9 Å². The molecule has 8 nitrogen and oxygen atoms in total. The number of hydrogen-bond acceptors (Lipinski definition) is 8. The first kappa shape index (κ1) is 28.5. The molecule has 6 heterocycles. The third-order valence-electron chi connectivity index (χ3n) is 8.93. The fourth-order valence-corrected chi connectivity index (χ4v) is 7.33. The predicted molar refractivity (Wildman–Crippen MR) is 146 cm³/mol. The Labute approximate surface area is 247 Å². The maximum atomic E-state index is 16.5. The molecule has 43 heavy (non-hydrogen) atoms. The Kier molecular flexibility index (Phi) is 6.73. The second-order valence-electron chi connectivity index (χ2n) is 11.7. The van der Waals surface area contributed by atoms with E-state index in [1.54, 1.807) is 4.90 Å². The molecule has 3 aromatic rings. The smallest absolute Gasteiger partial charge is 0.418 e. The number of halogens is 7. The number of piperidine rings is 1. The third-order valence-corrected chi connectivity index (χ3v) is 9.23. The van der Waals surface area contributed by atoms with Crippen LogP contribution in [0.25, 0.3) is 22.2 Å². The fraction of sp³-hybridized carbons (Fsp3) is 0.536. The van der Waals surface area contributed by atoms with Crippen molar-refractivity contribution in [2.24, 2.45) is 0 Å². The molecule has 2 N–H and O–H groups in total. The molecule has 0 amide bonds. The van der Waals surface area contributed by atoms with Gasteiger partial charge in [0.2, 0.25) is 5.88 Å². The number of rotatable bonds is 4. The van der Waals surface area contributed by atoms with Crippen LogP contribution in [0.2, 0.25) is 5.02 Å². The number of nitrogens with zero attached hydrogens (tertiary/aromatic N) is 5. The van der Waals surface area contributed by atoms with Gasteiger partial charge in [0.05, 0.1) is 28.7 Å². The van der Waals surface area contributed by atoms with Crippen LogP contribution in [-0.2, 0) is 6.18 Å². The lowest BCUT2D eigenvalue weighted by molar-refractivity contribution is -0.137. The molecule has 1 unspecified atom stereocenters. The highest BCUT2D eigenvalue weighted by molar-refractivity contribution is 6.32. The van der Waals surface area contributed by atoms with Crippen molar-refractivity contribution in [2.75, 3.05) is 43.5 Å². The molecule has 0 aliphatic carbocycles. The molecule has 0 radical (unpaired) electrons. The minimum absolute atomic E-state index is 0.00617. The van der Waals surface area contributed by atoms with Crippen molar-refractivity contribution in [3.05, 3.63) is 28.5 Å². The lowest BCUT2D eigenvalue weighted by Crippen LogP contribution is -2.47. The number of ether oxygens (including phenoxy) is 2. The van der Waals surface area contributed by atoms with Crippen LogP contribution in [0.15, 0.2) is 12.1 Å². The van der Waals surface area contributed by atoms with Crippen LogP contribution in [0, 0.1) is 5.82 Å². The van der Waals surface area contributed by atoms with E-state index in [2.05, 4.69) is 15.0 Å². The van der Waals surface area contributed by atoms with Gasteiger partial charge in [-0.15, -0.1) is 0 Å². The lowest BCUT2D eigenvalue weighted by atomic mass is 9.95. The Morgan fingerprint density at radius 2 is 1.93 bits per heavy atom. The number of fused-ring (bicyclic) bond motifs is 3. The Morgan fingerprint density at radius 1 is 1.12 bits per heavy atom. The van der Waals surface area contributed by atoms with Crippen LogP contribution in [0.3, 0.4) is 0 Å². The van der Waals surface area contributed by atoms with E-state index < -0.39 is 57.2 Å². The van der Waals surface area contributed by atoms with Gasteiger partial charge in [-0.1, -0.05) is 11.6 Å². The van der Waals surface area contributed by atoms with Gasteiger partial charge >= 0.3 is 12.2 Å². The third kappa shape index (κ3) is 4.77. The SMILES string of the molecule is Nc1cc(Cl)c(C(F)(F)F)c(-c2nc3c4c(nc(OC[C@@]56CCCN5C[C@H](F)C6)nc4c2F)N2CC(F)CC[C@H]2CO3)c1. The number of nitrogen functional groups attached to an aromatic ring is 1. The van der Waals surface area contributed by atoms with Crippen molar-refractivity contribution in [1.82, 2.24) is 19.9 Å². The average Bonchev–Trinajstić information content (AvgIpc) is 3.41. The summed E-state index contributed by atoms with van der Waals surface area (Å²) in [6, 6.07) is 1.23. The van der Waals surface area contributed by atoms with Gasteiger partial charge in [-0.2, -0.15) is 23.1 Å². The first-order chi connectivity index (χ1) is 20.4. The van der Waals surface area contributed by atoms with E-state index in [1.807, 2.05) is 4.90 Å². The molecule has 3 fully saturated rings. The minimum atomic E-state index is -4.97. The zero-order valence-corrected chi connectivity index (χ0v) is 23.5. The van der Waals surface area contributed by atoms with Gasteiger partial charge in [-0.25, -0.2) is 18.2 Å². The highest BCUT2D eigenvalue weighted by Crippen LogP contribution is 2.47. The van der Waals surface area contributed by atoms with Crippen LogP contribution in [0.1, 0.15) is 37.7 Å². The maximum Gasteiger partial charge on any atom is 0.418 e. The highest BCUT2D eigenvalue weighted by Gasteiger charge is 2.49. The van der Waals surface area contributed by atoms with Crippen molar-refractivity contribution >= 4 is 34.0 Å². The van der Waals surface area contributed by atoms with Crippen LogP contribution < -0.4 is 20.1 Å². The summed E-state index contributed by atoms with van der Waals surface area (Å²) in [4.78, 5) is 16.7. The molecule has 2 aromatic heterocycles. The summed E-state index contributed by atoms with van der Waals surface area (Å²) < 4.78 is 99.9. The molecule has 230 valence electrons. The Hall–Kier alpha value is -3.26. The van der Waals surface area contributed by atoms with Crippen LogP contribution in [-0.4, -0.2) is 76.6 Å². The first-order valence-corrected chi connectivity index (χ1v) is 14.4. The van der Waals surface area contributed by atoms with Gasteiger partial charge in [0.1, 0.15) is 48.0 Å². The van der Waals surface area contributed by atoms with Crippen molar-refractivity contribution in [3.8, 4) is 23.1 Å². The molecule has 4 aliphatic heterocycles. The number of benzene rings is 1. The summed E-state index contributed by atoms with van der Waals surface area (Å²) in [6.07, 6.45) is -4.69. The summed E-state index contributed by atoms with van der Waals surface area (Å²) in [5.41, 5.74) is 1.97. The Bertz CT molecular complexity index is 1610. The quantitative estimate of drug-likeness (QED) is 0.289. The number of aromatic nitrogens is 3. The molecule has 4 atom stereocenters. The number of anilines is 2. The molecule has 15 heteroatoms. The number of alkyl halides is 5. The summed E-state index contributed by atoms with van der Waals surface area (Å²) >= 11 is 5.96. The average molecular weight is 629 g/mol. The van der Waals surface area contributed by atoms with E-state index in [0.29, 0.717) is 12.8 Å². The molecule has 1 aromatic carbocycles. The zero-order chi connectivity index (χ0) is 30.3. The molecule has 3 saturated heterocycles. The van der Waals surface area contributed by atoms with E-state index in [0.717, 1.165) is 25.1 Å². The summed E-state index contributed by atoms with van der Waals surface area (Å²) in [6.45, 7) is 0.975. The second-order valence-corrected chi connectivity index (χ2v) is 12.1. The van der Waals surface area contributed by atoms with Gasteiger partial charge in [-0.05, 0) is 44.4 Å².